The lowest BCUT2D eigenvalue weighted by Crippen LogP contribution is -2.29. The Morgan fingerprint density at radius 3 is 2.95 bits per heavy atom. The van der Waals surface area contributed by atoms with E-state index >= 15 is 0 Å². The molecule has 0 aliphatic carbocycles. The molecule has 0 bridgehead atoms. The fourth-order valence-corrected chi connectivity index (χ4v) is 3.73. The normalized spacial score (nSPS) is 16.9. The highest BCUT2D eigenvalue weighted by atomic mass is 79.9. The Morgan fingerprint density at radius 1 is 1.35 bits per heavy atom. The second-order valence-electron chi connectivity index (χ2n) is 5.02. The van der Waals surface area contributed by atoms with Crippen LogP contribution >= 0.6 is 31.9 Å². The van der Waals surface area contributed by atoms with Gasteiger partial charge in [-0.3, -0.25) is 4.79 Å². The number of pyridine rings is 1. The number of hydrogen-bond donors (Lipinski definition) is 0. The van der Waals surface area contributed by atoms with E-state index in [2.05, 4.69) is 44.8 Å². The van der Waals surface area contributed by atoms with Crippen LogP contribution < -0.4 is 10.3 Å². The van der Waals surface area contributed by atoms with Crippen LogP contribution in [0.15, 0.2) is 44.2 Å². The zero-order chi connectivity index (χ0) is 14.3. The molecule has 5 heteroatoms. The summed E-state index contributed by atoms with van der Waals surface area (Å²) in [6, 6.07) is 7.95. The van der Waals surface area contributed by atoms with Crippen LogP contribution in [0.4, 0.5) is 0 Å². The van der Waals surface area contributed by atoms with Crippen LogP contribution in [0.2, 0.25) is 0 Å². The fourth-order valence-electron chi connectivity index (χ4n) is 2.47. The van der Waals surface area contributed by atoms with Crippen LogP contribution in [0, 0.1) is 6.92 Å². The van der Waals surface area contributed by atoms with Gasteiger partial charge in [0.05, 0.1) is 11.0 Å². The maximum absolute atomic E-state index is 12.1. The molecule has 1 atom stereocenters. The number of nitrogens with zero attached hydrogens (tertiary/aromatic N) is 1. The lowest BCUT2D eigenvalue weighted by molar-refractivity contribution is 0.207. The fraction of sp³-hybridized carbons (Fsp3) is 0.267. The molecule has 1 aromatic heterocycles. The molecule has 20 heavy (non-hydrogen) atoms. The largest absolute Gasteiger partial charge is 0.488 e. The van der Waals surface area contributed by atoms with Gasteiger partial charge in [-0.15, -0.1) is 0 Å². The van der Waals surface area contributed by atoms with E-state index in [1.54, 1.807) is 16.8 Å². The lowest BCUT2D eigenvalue weighted by Gasteiger charge is -2.13. The van der Waals surface area contributed by atoms with Crippen molar-refractivity contribution in [3.63, 3.8) is 0 Å². The molecule has 1 aliphatic heterocycles. The molecule has 0 amide bonds. The zero-order valence-corrected chi connectivity index (χ0v) is 14.1. The molecule has 0 N–H and O–H groups in total. The lowest BCUT2D eigenvalue weighted by atomic mass is 10.1. The molecule has 0 radical (unpaired) electrons. The topological polar surface area (TPSA) is 31.2 Å². The van der Waals surface area contributed by atoms with E-state index in [1.807, 2.05) is 12.1 Å². The summed E-state index contributed by atoms with van der Waals surface area (Å²) in [6.07, 6.45) is 2.64. The van der Waals surface area contributed by atoms with Gasteiger partial charge in [0, 0.05) is 17.1 Å². The highest BCUT2D eigenvalue weighted by Gasteiger charge is 2.23. The predicted octanol–water partition coefficient (Wildman–Crippen LogP) is 3.69. The average Bonchev–Trinajstić information content (AvgIpc) is 2.76. The van der Waals surface area contributed by atoms with Gasteiger partial charge in [0.15, 0.2) is 0 Å². The minimum absolute atomic E-state index is 0.00528. The van der Waals surface area contributed by atoms with Gasteiger partial charge in [-0.05, 0) is 56.5 Å². The van der Waals surface area contributed by atoms with E-state index in [9.17, 15) is 4.79 Å². The van der Waals surface area contributed by atoms with Gasteiger partial charge >= 0.3 is 0 Å². The first kappa shape index (κ1) is 13.9. The van der Waals surface area contributed by atoms with Crippen LogP contribution in [-0.4, -0.2) is 10.7 Å². The molecule has 3 nitrogen and oxygen atoms in total. The van der Waals surface area contributed by atoms with E-state index in [4.69, 9.17) is 4.74 Å². The van der Waals surface area contributed by atoms with Crippen molar-refractivity contribution < 1.29 is 4.74 Å². The summed E-state index contributed by atoms with van der Waals surface area (Å²) < 4.78 is 9.01. The van der Waals surface area contributed by atoms with Gasteiger partial charge < -0.3 is 9.30 Å². The molecule has 0 fully saturated rings. The first-order chi connectivity index (χ1) is 9.52. The number of benzene rings is 1. The SMILES string of the molecule is Cc1ccc2c(c1)CC(Cn1cc(Br)cc(Br)c1=O)O2. The summed E-state index contributed by atoms with van der Waals surface area (Å²) in [5.74, 6) is 0.933. The van der Waals surface area contributed by atoms with Gasteiger partial charge in [0.25, 0.3) is 5.56 Å². The third-order valence-electron chi connectivity index (χ3n) is 3.37. The first-order valence-electron chi connectivity index (χ1n) is 6.34. The van der Waals surface area contributed by atoms with Crippen molar-refractivity contribution in [1.82, 2.24) is 4.57 Å². The van der Waals surface area contributed by atoms with Crippen LogP contribution in [0.3, 0.4) is 0 Å². The maximum atomic E-state index is 12.1. The molecule has 1 aromatic carbocycles. The highest BCUT2D eigenvalue weighted by molar-refractivity contribution is 9.11. The van der Waals surface area contributed by atoms with E-state index in [0.29, 0.717) is 11.0 Å². The molecule has 3 rings (SSSR count). The van der Waals surface area contributed by atoms with Gasteiger partial charge in [0.1, 0.15) is 11.9 Å². The summed E-state index contributed by atoms with van der Waals surface area (Å²) in [5, 5.41) is 0. The Morgan fingerprint density at radius 2 is 2.15 bits per heavy atom. The van der Waals surface area contributed by atoms with Gasteiger partial charge in [-0.1, -0.05) is 17.7 Å². The minimum Gasteiger partial charge on any atom is -0.488 e. The van der Waals surface area contributed by atoms with E-state index in [1.165, 1.54) is 11.1 Å². The van der Waals surface area contributed by atoms with Crippen molar-refractivity contribution in [1.29, 1.82) is 0 Å². The summed E-state index contributed by atoms with van der Waals surface area (Å²) >= 11 is 6.68. The van der Waals surface area contributed by atoms with Crippen molar-refractivity contribution in [3.8, 4) is 5.75 Å². The zero-order valence-electron chi connectivity index (χ0n) is 10.9. The first-order valence-corrected chi connectivity index (χ1v) is 7.93. The number of aromatic nitrogens is 1. The smallest absolute Gasteiger partial charge is 0.265 e. The Hall–Kier alpha value is -1.07. The summed E-state index contributed by atoms with van der Waals surface area (Å²) in [5.41, 5.74) is 2.41. The van der Waals surface area contributed by atoms with Gasteiger partial charge in [-0.25, -0.2) is 0 Å². The number of halogens is 2. The average molecular weight is 399 g/mol. The number of fused-ring (bicyclic) bond motifs is 1. The maximum Gasteiger partial charge on any atom is 0.265 e. The number of hydrogen-bond acceptors (Lipinski definition) is 2. The summed E-state index contributed by atoms with van der Waals surface area (Å²) in [7, 11) is 0. The Balaban J connectivity index is 1.83. The Kier molecular flexibility index (Phi) is 3.73. The van der Waals surface area contributed by atoms with Gasteiger partial charge in [-0.2, -0.15) is 0 Å². The summed E-state index contributed by atoms with van der Waals surface area (Å²) in [4.78, 5) is 12.1. The molecule has 1 aliphatic rings. The highest BCUT2D eigenvalue weighted by Crippen LogP contribution is 2.30. The van der Waals surface area contributed by atoms with Gasteiger partial charge in [0.2, 0.25) is 0 Å². The van der Waals surface area contributed by atoms with Crippen LogP contribution in [-0.2, 0) is 13.0 Å². The number of rotatable bonds is 2. The van der Waals surface area contributed by atoms with Crippen molar-refractivity contribution in [2.45, 2.75) is 26.0 Å². The van der Waals surface area contributed by atoms with Crippen LogP contribution in [0.25, 0.3) is 0 Å². The van der Waals surface area contributed by atoms with E-state index < -0.39 is 0 Å². The van der Waals surface area contributed by atoms with Crippen molar-refractivity contribution in [3.05, 3.63) is 60.9 Å². The third kappa shape index (κ3) is 2.69. The van der Waals surface area contributed by atoms with E-state index in [-0.39, 0.29) is 11.7 Å². The third-order valence-corrected chi connectivity index (χ3v) is 4.37. The minimum atomic E-state index is -0.0380. The molecule has 0 spiro atoms. The molecule has 0 saturated heterocycles. The van der Waals surface area contributed by atoms with E-state index in [0.717, 1.165) is 16.6 Å². The monoisotopic (exact) mass is 397 g/mol. The Labute approximate surface area is 133 Å². The summed E-state index contributed by atoms with van der Waals surface area (Å²) in [6.45, 7) is 2.62. The Bertz CT molecular complexity index is 724. The van der Waals surface area contributed by atoms with Crippen LogP contribution in [0.1, 0.15) is 11.1 Å². The number of ether oxygens (including phenoxy) is 1. The molecular formula is C15H13Br2NO2. The second-order valence-corrected chi connectivity index (χ2v) is 6.79. The standard InChI is InChI=1S/C15H13Br2NO2/c1-9-2-3-14-10(4-9)5-12(20-14)8-18-7-11(16)6-13(17)15(18)19/h2-4,6-7,12H,5,8H2,1H3. The predicted molar refractivity (Wildman–Crippen MR) is 85.4 cm³/mol. The van der Waals surface area contributed by atoms with Crippen LogP contribution in [0.5, 0.6) is 5.75 Å². The second kappa shape index (κ2) is 5.37. The molecule has 0 saturated carbocycles. The molecule has 1 unspecified atom stereocenters. The molecule has 2 aromatic rings. The number of aryl methyl sites for hydroxylation is 1. The molecule has 104 valence electrons. The molecule has 2 heterocycles. The molecular weight excluding hydrogens is 386 g/mol. The van der Waals surface area contributed by atoms with Crippen molar-refractivity contribution in [2.75, 3.05) is 0 Å². The van der Waals surface area contributed by atoms with Crippen molar-refractivity contribution in [2.24, 2.45) is 0 Å². The quantitative estimate of drug-likeness (QED) is 0.772. The van der Waals surface area contributed by atoms with Crippen molar-refractivity contribution >= 4 is 31.9 Å².